The van der Waals surface area contributed by atoms with E-state index >= 15 is 0 Å². The van der Waals surface area contributed by atoms with Crippen molar-refractivity contribution < 1.29 is 24.9 Å². The Balaban J connectivity index is 0.000000136. The van der Waals surface area contributed by atoms with E-state index in [2.05, 4.69) is 49.9 Å². The highest BCUT2D eigenvalue weighted by Gasteiger charge is 2.28. The Morgan fingerprint density at radius 2 is 1.08 bits per heavy atom. The van der Waals surface area contributed by atoms with Gasteiger partial charge in [0, 0.05) is 125 Å². The van der Waals surface area contributed by atoms with Gasteiger partial charge >= 0.3 is 5.97 Å². The van der Waals surface area contributed by atoms with Gasteiger partial charge < -0.3 is 54.8 Å². The largest absolute Gasteiger partial charge is 0.476 e. The van der Waals surface area contributed by atoms with E-state index in [-0.39, 0.29) is 35.9 Å². The van der Waals surface area contributed by atoms with Gasteiger partial charge in [-0.25, -0.2) is 34.7 Å². The molecule has 4 fully saturated rings. The zero-order chi connectivity index (χ0) is 40.9. The van der Waals surface area contributed by atoms with Crippen molar-refractivity contribution in [1.82, 2.24) is 44.0 Å². The molecule has 4 aliphatic rings. The molecule has 0 spiro atoms. The second kappa shape index (κ2) is 18.2. The van der Waals surface area contributed by atoms with E-state index in [4.69, 9.17) is 10.8 Å². The van der Waals surface area contributed by atoms with Gasteiger partial charge in [-0.2, -0.15) is 0 Å². The standard InChI is InChI=1S/C19H23N7O2S.C10H13N5.C9H12N2O3S/c27-14-2-7-25(8-3-14)19-23-15(12-29-19)18(28)22-13-1-6-26(11-13)17-16-20-4-9-24(16)10-5-21-17;11-8-1-4-15(7-8)10-9-12-2-5-14(9)6-3-13-10;12-6-1-3-11(4-2-6)9-10-7(5-15-9)8(13)14/h4-5,9-10,12-14,27H,1-3,6-8,11H2,(H,22,28);2-3,5-6,8H,1,4,7,11H2;5-6,12H,1-4H2,(H,13,14)/t13-;8-;/m00./s1. The maximum atomic E-state index is 12.7. The Morgan fingerprint density at radius 3 is 1.58 bits per heavy atom. The van der Waals surface area contributed by atoms with Crippen molar-refractivity contribution in [3.05, 3.63) is 71.7 Å². The molecule has 1 amide bonds. The Labute approximate surface area is 347 Å². The zero-order valence-electron chi connectivity index (χ0n) is 32.4. The van der Waals surface area contributed by atoms with Crippen molar-refractivity contribution >= 4 is 67.7 Å². The molecule has 6 N–H and O–H groups in total. The van der Waals surface area contributed by atoms with Crippen molar-refractivity contribution in [3.8, 4) is 0 Å². The molecule has 0 aliphatic carbocycles. The topological polar surface area (TPSA) is 232 Å². The molecular formula is C38H48N14O5S2. The minimum absolute atomic E-state index is 0.0507. The van der Waals surface area contributed by atoms with Crippen molar-refractivity contribution in [2.75, 3.05) is 72.0 Å². The van der Waals surface area contributed by atoms with E-state index in [1.54, 1.807) is 30.2 Å². The number of hydrogen-bond donors (Lipinski definition) is 5. The second-order valence-corrected chi connectivity index (χ2v) is 16.7. The number of nitrogens with zero attached hydrogens (tertiary/aromatic N) is 12. The summed E-state index contributed by atoms with van der Waals surface area (Å²) in [7, 11) is 0. The summed E-state index contributed by atoms with van der Waals surface area (Å²) < 4.78 is 3.93. The van der Waals surface area contributed by atoms with Crippen LogP contribution in [0.3, 0.4) is 0 Å². The fourth-order valence-electron chi connectivity index (χ4n) is 7.57. The SMILES string of the molecule is N[C@H]1CCN(c2nccn3ccnc23)C1.O=C(N[C@H]1CCN(c2nccn3ccnc23)C1)c1csc(N2CCC(O)CC2)n1.O=C(O)c1csc(N2CCC(O)CC2)n1. The first-order valence-electron chi connectivity index (χ1n) is 19.8. The van der Waals surface area contributed by atoms with Crippen LogP contribution in [0, 0.1) is 0 Å². The normalized spacial score (nSPS) is 20.1. The average molecular weight is 845 g/mol. The number of carbonyl (C=O) groups is 2. The molecule has 0 radical (unpaired) electrons. The molecule has 2 atom stereocenters. The maximum absolute atomic E-state index is 12.7. The molecular weight excluding hydrogens is 797 g/mol. The summed E-state index contributed by atoms with van der Waals surface area (Å²) in [6.07, 6.45) is 19.1. The van der Waals surface area contributed by atoms with E-state index in [9.17, 15) is 19.8 Å². The van der Waals surface area contributed by atoms with Gasteiger partial charge in [0.05, 0.1) is 12.2 Å². The monoisotopic (exact) mass is 844 g/mol. The van der Waals surface area contributed by atoms with Gasteiger partial charge in [-0.1, -0.05) is 0 Å². The number of aromatic carboxylic acids is 1. The van der Waals surface area contributed by atoms with Gasteiger partial charge in [-0.05, 0) is 38.5 Å². The lowest BCUT2D eigenvalue weighted by Gasteiger charge is -2.29. The number of carboxylic acid groups (broad SMARTS) is 1. The number of aliphatic hydroxyl groups is 2. The minimum Gasteiger partial charge on any atom is -0.476 e. The number of aromatic nitrogens is 8. The number of fused-ring (bicyclic) bond motifs is 2. The van der Waals surface area contributed by atoms with Crippen LogP contribution in [0.15, 0.2) is 60.3 Å². The summed E-state index contributed by atoms with van der Waals surface area (Å²) in [5.74, 6) is 0.658. The number of rotatable bonds is 7. The van der Waals surface area contributed by atoms with E-state index < -0.39 is 5.97 Å². The highest BCUT2D eigenvalue weighted by molar-refractivity contribution is 7.14. The summed E-state index contributed by atoms with van der Waals surface area (Å²) in [4.78, 5) is 58.0. The van der Waals surface area contributed by atoms with Crippen LogP contribution in [0.2, 0.25) is 0 Å². The first-order valence-corrected chi connectivity index (χ1v) is 21.6. The highest BCUT2D eigenvalue weighted by Crippen LogP contribution is 2.27. The van der Waals surface area contributed by atoms with Crippen molar-refractivity contribution in [2.24, 2.45) is 5.73 Å². The van der Waals surface area contributed by atoms with Crippen LogP contribution in [0.25, 0.3) is 11.3 Å². The van der Waals surface area contributed by atoms with Crippen molar-refractivity contribution in [1.29, 1.82) is 0 Å². The molecule has 0 bridgehead atoms. The van der Waals surface area contributed by atoms with Gasteiger partial charge in [0.2, 0.25) is 0 Å². The van der Waals surface area contributed by atoms with Crippen LogP contribution >= 0.6 is 22.7 Å². The summed E-state index contributed by atoms with van der Waals surface area (Å²) in [6, 6.07) is 0.317. The molecule has 21 heteroatoms. The third kappa shape index (κ3) is 9.54. The maximum Gasteiger partial charge on any atom is 0.355 e. The number of anilines is 4. The smallest absolute Gasteiger partial charge is 0.355 e. The third-order valence-corrected chi connectivity index (χ3v) is 12.6. The molecule has 6 aromatic rings. The van der Waals surface area contributed by atoms with Gasteiger partial charge in [0.15, 0.2) is 38.9 Å². The molecule has 0 unspecified atom stereocenters. The van der Waals surface area contributed by atoms with Crippen LogP contribution in [0.5, 0.6) is 0 Å². The average Bonchev–Trinajstić information content (AvgIpc) is 4.10. The second-order valence-electron chi connectivity index (χ2n) is 15.0. The molecule has 10 rings (SSSR count). The number of imidazole rings is 2. The predicted octanol–water partition coefficient (Wildman–Crippen LogP) is 2.22. The quantitative estimate of drug-likeness (QED) is 0.155. The molecule has 4 saturated heterocycles. The minimum atomic E-state index is -0.991. The van der Waals surface area contributed by atoms with Crippen LogP contribution in [-0.2, 0) is 0 Å². The lowest BCUT2D eigenvalue weighted by atomic mass is 10.1. The Kier molecular flexibility index (Phi) is 12.4. The van der Waals surface area contributed by atoms with Crippen molar-refractivity contribution in [2.45, 2.75) is 62.8 Å². The Hall–Kier alpha value is -5.48. The summed E-state index contributed by atoms with van der Waals surface area (Å²) in [6.45, 7) is 6.41. The van der Waals surface area contributed by atoms with Crippen LogP contribution < -0.4 is 30.7 Å². The first kappa shape index (κ1) is 40.3. The Morgan fingerprint density at radius 1 is 0.627 bits per heavy atom. The fourth-order valence-corrected chi connectivity index (χ4v) is 9.28. The fraction of sp³-hybridized carbons (Fsp3) is 0.474. The number of nitrogens with two attached hydrogens (primary N) is 1. The van der Waals surface area contributed by atoms with Gasteiger partial charge in [0.1, 0.15) is 5.69 Å². The van der Waals surface area contributed by atoms with E-state index in [0.29, 0.717) is 12.2 Å². The van der Waals surface area contributed by atoms with E-state index in [1.807, 2.05) is 43.9 Å². The molecule has 0 saturated carbocycles. The predicted molar refractivity (Wildman–Crippen MR) is 225 cm³/mol. The molecule has 59 heavy (non-hydrogen) atoms. The van der Waals surface area contributed by atoms with Crippen molar-refractivity contribution in [3.63, 3.8) is 0 Å². The number of amides is 1. The number of carboxylic acids is 1. The Bertz CT molecular complexity index is 2330. The van der Waals surface area contributed by atoms with Gasteiger partial charge in [-0.3, -0.25) is 4.79 Å². The molecule has 312 valence electrons. The number of thiazole rings is 2. The third-order valence-electron chi connectivity index (χ3n) is 10.8. The number of carbonyl (C=O) groups excluding carboxylic acids is 1. The number of piperidine rings is 2. The zero-order valence-corrected chi connectivity index (χ0v) is 34.0. The van der Waals surface area contributed by atoms with Gasteiger partial charge in [-0.15, -0.1) is 22.7 Å². The summed E-state index contributed by atoms with van der Waals surface area (Å²) in [5.41, 5.74) is 8.18. The summed E-state index contributed by atoms with van der Waals surface area (Å²) in [5, 5.41) is 35.8. The molecule has 19 nitrogen and oxygen atoms in total. The van der Waals surface area contributed by atoms with Crippen LogP contribution in [0.1, 0.15) is 59.5 Å². The van der Waals surface area contributed by atoms with Gasteiger partial charge in [0.25, 0.3) is 5.91 Å². The molecule has 4 aliphatic heterocycles. The van der Waals surface area contributed by atoms with Crippen LogP contribution in [-0.4, -0.2) is 143 Å². The molecule has 6 aromatic heterocycles. The lowest BCUT2D eigenvalue weighted by Crippen LogP contribution is -2.38. The molecule has 10 heterocycles. The van der Waals surface area contributed by atoms with Crippen LogP contribution in [0.4, 0.5) is 21.9 Å². The first-order chi connectivity index (χ1) is 28.7. The summed E-state index contributed by atoms with van der Waals surface area (Å²) >= 11 is 2.82. The van der Waals surface area contributed by atoms with E-state index in [0.717, 1.165) is 118 Å². The van der Waals surface area contributed by atoms with E-state index in [1.165, 1.54) is 22.7 Å². The number of aliphatic hydroxyl groups excluding tert-OH is 2. The lowest BCUT2D eigenvalue weighted by molar-refractivity contribution is 0.0691. The highest BCUT2D eigenvalue weighted by atomic mass is 32.1. The number of nitrogens with one attached hydrogen (secondary N) is 1. The molecule has 0 aromatic carbocycles. The number of hydrogen-bond acceptors (Lipinski definition) is 17.